The summed E-state index contributed by atoms with van der Waals surface area (Å²) in [5, 5.41) is 7.63. The summed E-state index contributed by atoms with van der Waals surface area (Å²) >= 11 is 6.11. The summed E-state index contributed by atoms with van der Waals surface area (Å²) < 4.78 is 5.42. The third-order valence-electron chi connectivity index (χ3n) is 4.29. The van der Waals surface area contributed by atoms with Crippen molar-refractivity contribution in [3.63, 3.8) is 0 Å². The van der Waals surface area contributed by atoms with Crippen molar-refractivity contribution >= 4 is 23.3 Å². The molecule has 1 N–H and O–H groups in total. The molecule has 0 radical (unpaired) electrons. The van der Waals surface area contributed by atoms with Gasteiger partial charge in [0, 0.05) is 23.3 Å². The molecule has 5 nitrogen and oxygen atoms in total. The summed E-state index contributed by atoms with van der Waals surface area (Å²) in [6.45, 7) is 4.63. The SMILES string of the molecule is CCc1cc(C2CCCN2C(=O)Nc2cccc(Cl)c2C)on1. The van der Waals surface area contributed by atoms with Gasteiger partial charge in [-0.05, 0) is 43.9 Å². The Morgan fingerprint density at radius 3 is 3.09 bits per heavy atom. The lowest BCUT2D eigenvalue weighted by Crippen LogP contribution is -2.34. The van der Waals surface area contributed by atoms with E-state index in [-0.39, 0.29) is 12.1 Å². The highest BCUT2D eigenvalue weighted by atomic mass is 35.5. The number of anilines is 1. The lowest BCUT2D eigenvalue weighted by Gasteiger charge is -2.23. The summed E-state index contributed by atoms with van der Waals surface area (Å²) in [4.78, 5) is 14.5. The van der Waals surface area contributed by atoms with Gasteiger partial charge >= 0.3 is 6.03 Å². The molecule has 0 aliphatic carbocycles. The van der Waals surface area contributed by atoms with Crippen LogP contribution in [0.15, 0.2) is 28.8 Å². The van der Waals surface area contributed by atoms with E-state index in [1.807, 2.05) is 38.1 Å². The maximum absolute atomic E-state index is 12.6. The predicted molar refractivity (Wildman–Crippen MR) is 89.8 cm³/mol. The van der Waals surface area contributed by atoms with Gasteiger partial charge in [0.15, 0.2) is 5.76 Å². The lowest BCUT2D eigenvalue weighted by atomic mass is 10.1. The number of rotatable bonds is 3. The maximum Gasteiger partial charge on any atom is 0.322 e. The Bertz CT molecular complexity index is 714. The molecule has 1 saturated heterocycles. The smallest absolute Gasteiger partial charge is 0.322 e. The molecule has 1 aliphatic heterocycles. The fraction of sp³-hybridized carbons (Fsp3) is 0.412. The van der Waals surface area contributed by atoms with Gasteiger partial charge in [-0.25, -0.2) is 4.79 Å². The van der Waals surface area contributed by atoms with Gasteiger partial charge in [0.05, 0.1) is 11.7 Å². The number of nitrogens with zero attached hydrogens (tertiary/aromatic N) is 2. The largest absolute Gasteiger partial charge is 0.359 e. The quantitative estimate of drug-likeness (QED) is 0.895. The van der Waals surface area contributed by atoms with Gasteiger partial charge in [-0.15, -0.1) is 0 Å². The van der Waals surface area contributed by atoms with Crippen LogP contribution in [0.5, 0.6) is 0 Å². The summed E-state index contributed by atoms with van der Waals surface area (Å²) in [5.41, 5.74) is 2.52. The Morgan fingerprint density at radius 2 is 2.35 bits per heavy atom. The van der Waals surface area contributed by atoms with Crippen LogP contribution in [0.3, 0.4) is 0 Å². The standard InChI is InChI=1S/C17H20ClN3O2/c1-3-12-10-16(23-20-12)15-8-5-9-21(15)17(22)19-14-7-4-6-13(18)11(14)2/h4,6-7,10,15H,3,5,8-9H2,1-2H3,(H,19,22). The summed E-state index contributed by atoms with van der Waals surface area (Å²) in [5.74, 6) is 0.761. The van der Waals surface area contributed by atoms with Gasteiger partial charge in [0.2, 0.25) is 0 Å². The van der Waals surface area contributed by atoms with E-state index >= 15 is 0 Å². The van der Waals surface area contributed by atoms with Gasteiger partial charge in [0.1, 0.15) is 0 Å². The van der Waals surface area contributed by atoms with Crippen LogP contribution in [-0.4, -0.2) is 22.6 Å². The van der Waals surface area contributed by atoms with Gasteiger partial charge < -0.3 is 14.7 Å². The number of hydrogen-bond donors (Lipinski definition) is 1. The van der Waals surface area contributed by atoms with Crippen molar-refractivity contribution in [3.05, 3.63) is 46.3 Å². The molecule has 1 aromatic heterocycles. The van der Waals surface area contributed by atoms with E-state index in [0.29, 0.717) is 11.6 Å². The number of likely N-dealkylation sites (tertiary alicyclic amines) is 1. The van der Waals surface area contributed by atoms with Crippen LogP contribution < -0.4 is 5.32 Å². The predicted octanol–water partition coefficient (Wildman–Crippen LogP) is 4.57. The second-order valence-corrected chi connectivity index (χ2v) is 6.18. The normalized spacial score (nSPS) is 17.5. The minimum atomic E-state index is -0.132. The Hall–Kier alpha value is -2.01. The summed E-state index contributed by atoms with van der Waals surface area (Å²) in [6, 6.07) is 7.26. The molecule has 0 spiro atoms. The van der Waals surface area contributed by atoms with E-state index in [1.165, 1.54) is 0 Å². The van der Waals surface area contributed by atoms with Crippen molar-refractivity contribution in [2.75, 3.05) is 11.9 Å². The highest BCUT2D eigenvalue weighted by molar-refractivity contribution is 6.31. The number of aromatic nitrogens is 1. The van der Waals surface area contributed by atoms with Crippen molar-refractivity contribution in [3.8, 4) is 0 Å². The van der Waals surface area contributed by atoms with Crippen LogP contribution in [0.2, 0.25) is 5.02 Å². The maximum atomic E-state index is 12.6. The van der Waals surface area contributed by atoms with Crippen molar-refractivity contribution in [2.24, 2.45) is 0 Å². The molecular weight excluding hydrogens is 314 g/mol. The van der Waals surface area contributed by atoms with E-state index in [1.54, 1.807) is 4.90 Å². The minimum Gasteiger partial charge on any atom is -0.359 e. The van der Waals surface area contributed by atoms with Crippen LogP contribution >= 0.6 is 11.6 Å². The van der Waals surface area contributed by atoms with E-state index in [2.05, 4.69) is 10.5 Å². The molecule has 23 heavy (non-hydrogen) atoms. The number of hydrogen-bond acceptors (Lipinski definition) is 3. The molecular formula is C17H20ClN3O2. The third kappa shape index (κ3) is 3.20. The monoisotopic (exact) mass is 333 g/mol. The van der Waals surface area contributed by atoms with Crippen molar-refractivity contribution in [1.29, 1.82) is 0 Å². The average Bonchev–Trinajstić information content (AvgIpc) is 3.19. The first-order valence-electron chi connectivity index (χ1n) is 7.88. The molecule has 1 atom stereocenters. The molecule has 1 fully saturated rings. The number of carbonyl (C=O) groups is 1. The molecule has 0 bridgehead atoms. The Kier molecular flexibility index (Phi) is 4.57. The second kappa shape index (κ2) is 6.62. The lowest BCUT2D eigenvalue weighted by molar-refractivity contribution is 0.195. The van der Waals surface area contributed by atoms with Gasteiger partial charge in [-0.3, -0.25) is 0 Å². The van der Waals surface area contributed by atoms with E-state index in [9.17, 15) is 4.79 Å². The molecule has 1 aliphatic rings. The van der Waals surface area contributed by atoms with Crippen LogP contribution in [0, 0.1) is 6.92 Å². The van der Waals surface area contributed by atoms with Crippen LogP contribution in [0.4, 0.5) is 10.5 Å². The second-order valence-electron chi connectivity index (χ2n) is 5.77. The number of nitrogens with one attached hydrogen (secondary N) is 1. The van der Waals surface area contributed by atoms with E-state index < -0.39 is 0 Å². The fourth-order valence-corrected chi connectivity index (χ4v) is 3.06. The Balaban J connectivity index is 1.76. The molecule has 1 aromatic carbocycles. The van der Waals surface area contributed by atoms with Gasteiger partial charge in [-0.2, -0.15) is 0 Å². The van der Waals surface area contributed by atoms with Gasteiger partial charge in [0.25, 0.3) is 0 Å². The van der Waals surface area contributed by atoms with Crippen LogP contribution in [0.1, 0.15) is 42.8 Å². The Labute approximate surface area is 140 Å². The number of aryl methyl sites for hydroxylation is 1. The Morgan fingerprint density at radius 1 is 1.52 bits per heavy atom. The topological polar surface area (TPSA) is 58.4 Å². The van der Waals surface area contributed by atoms with Crippen LogP contribution in [-0.2, 0) is 6.42 Å². The highest BCUT2D eigenvalue weighted by Crippen LogP contribution is 2.33. The minimum absolute atomic E-state index is 0.0534. The highest BCUT2D eigenvalue weighted by Gasteiger charge is 2.33. The van der Waals surface area contributed by atoms with Crippen LogP contribution in [0.25, 0.3) is 0 Å². The first-order valence-corrected chi connectivity index (χ1v) is 8.26. The molecule has 3 rings (SSSR count). The number of carbonyl (C=O) groups excluding carboxylic acids is 1. The van der Waals surface area contributed by atoms with Crippen molar-refractivity contribution in [2.45, 2.75) is 39.2 Å². The molecule has 2 heterocycles. The molecule has 6 heteroatoms. The van der Waals surface area contributed by atoms with Crippen molar-refractivity contribution < 1.29 is 9.32 Å². The average molecular weight is 334 g/mol. The number of amides is 2. The molecule has 2 aromatic rings. The number of urea groups is 1. The fourth-order valence-electron chi connectivity index (χ4n) is 2.89. The molecule has 122 valence electrons. The number of halogens is 1. The molecule has 2 amide bonds. The first-order chi connectivity index (χ1) is 11.1. The third-order valence-corrected chi connectivity index (χ3v) is 4.70. The zero-order valence-corrected chi connectivity index (χ0v) is 14.1. The first kappa shape index (κ1) is 15.9. The van der Waals surface area contributed by atoms with E-state index in [0.717, 1.165) is 42.0 Å². The zero-order chi connectivity index (χ0) is 16.4. The molecule has 0 saturated carbocycles. The van der Waals surface area contributed by atoms with Gasteiger partial charge in [-0.1, -0.05) is 29.7 Å². The number of benzene rings is 1. The summed E-state index contributed by atoms with van der Waals surface area (Å²) in [7, 11) is 0. The zero-order valence-electron chi connectivity index (χ0n) is 13.3. The molecule has 1 unspecified atom stereocenters. The van der Waals surface area contributed by atoms with E-state index in [4.69, 9.17) is 16.1 Å². The summed E-state index contributed by atoms with van der Waals surface area (Å²) in [6.07, 6.45) is 2.67. The van der Waals surface area contributed by atoms with Crippen molar-refractivity contribution in [1.82, 2.24) is 10.1 Å².